The predicted octanol–water partition coefficient (Wildman–Crippen LogP) is 3.59. The Morgan fingerprint density at radius 1 is 1.24 bits per heavy atom. The van der Waals surface area contributed by atoms with Crippen molar-refractivity contribution in [2.45, 2.75) is 76.0 Å². The maximum atomic E-state index is 13.3. The monoisotopic (exact) mass is 305 g/mol. The van der Waals surface area contributed by atoms with Crippen molar-refractivity contribution >= 4 is 6.09 Å². The maximum absolute atomic E-state index is 13.3. The Labute approximate surface area is 124 Å². The van der Waals surface area contributed by atoms with Crippen molar-refractivity contribution < 1.29 is 23.0 Å². The lowest BCUT2D eigenvalue weighted by Crippen LogP contribution is -2.43. The number of nitrogens with zero attached hydrogens (tertiary/aromatic N) is 1. The van der Waals surface area contributed by atoms with E-state index in [1.54, 1.807) is 7.05 Å². The van der Waals surface area contributed by atoms with E-state index in [0.717, 1.165) is 0 Å². The zero-order valence-electron chi connectivity index (χ0n) is 13.2. The van der Waals surface area contributed by atoms with Crippen LogP contribution in [0.2, 0.25) is 0 Å². The fourth-order valence-electron chi connectivity index (χ4n) is 2.97. The van der Waals surface area contributed by atoms with Gasteiger partial charge in [0.25, 0.3) is 0 Å². The van der Waals surface area contributed by atoms with Gasteiger partial charge < -0.3 is 14.4 Å². The normalized spacial score (nSPS) is 27.6. The number of rotatable bonds is 1. The second-order valence-electron chi connectivity index (χ2n) is 7.30. The van der Waals surface area contributed by atoms with Gasteiger partial charge in [-0.05, 0) is 40.0 Å². The summed E-state index contributed by atoms with van der Waals surface area (Å²) >= 11 is 0. The summed E-state index contributed by atoms with van der Waals surface area (Å²) in [5, 5.41) is 0. The predicted molar refractivity (Wildman–Crippen MR) is 74.5 cm³/mol. The molecule has 0 aromatic heterocycles. The quantitative estimate of drug-likeness (QED) is 0.743. The summed E-state index contributed by atoms with van der Waals surface area (Å²) in [6.45, 7) is 5.83. The fourth-order valence-corrected chi connectivity index (χ4v) is 2.97. The highest BCUT2D eigenvalue weighted by atomic mass is 19.3. The molecule has 1 aliphatic carbocycles. The second kappa shape index (κ2) is 5.38. The molecular formula is C15H25F2NO3. The second-order valence-corrected chi connectivity index (χ2v) is 7.30. The molecule has 0 aromatic carbocycles. The average Bonchev–Trinajstić information content (AvgIpc) is 2.75. The highest BCUT2D eigenvalue weighted by molar-refractivity contribution is 5.68. The van der Waals surface area contributed by atoms with Crippen LogP contribution in [0.15, 0.2) is 0 Å². The molecule has 6 heteroatoms. The molecule has 0 radical (unpaired) electrons. The van der Waals surface area contributed by atoms with Gasteiger partial charge in [0.1, 0.15) is 5.60 Å². The van der Waals surface area contributed by atoms with Gasteiger partial charge in [-0.1, -0.05) is 0 Å². The average molecular weight is 305 g/mol. The van der Waals surface area contributed by atoms with Crippen LogP contribution in [0, 0.1) is 0 Å². The van der Waals surface area contributed by atoms with Gasteiger partial charge in [-0.3, -0.25) is 0 Å². The molecule has 1 spiro atoms. The van der Waals surface area contributed by atoms with E-state index < -0.39 is 23.2 Å². The maximum Gasteiger partial charge on any atom is 0.410 e. The van der Waals surface area contributed by atoms with Crippen molar-refractivity contribution in [1.82, 2.24) is 4.90 Å². The number of hydrogen-bond donors (Lipinski definition) is 0. The molecule has 0 aromatic rings. The van der Waals surface area contributed by atoms with Crippen LogP contribution in [0.1, 0.15) is 52.9 Å². The van der Waals surface area contributed by atoms with Gasteiger partial charge in [0.05, 0.1) is 18.2 Å². The summed E-state index contributed by atoms with van der Waals surface area (Å²) in [6.07, 6.45) is 0.677. The summed E-state index contributed by atoms with van der Waals surface area (Å²) in [7, 11) is 1.68. The van der Waals surface area contributed by atoms with Crippen LogP contribution in [0.5, 0.6) is 0 Å². The Morgan fingerprint density at radius 3 is 2.33 bits per heavy atom. The van der Waals surface area contributed by atoms with Gasteiger partial charge in [0, 0.05) is 19.9 Å². The third kappa shape index (κ3) is 4.05. The number of amides is 1. The largest absolute Gasteiger partial charge is 0.444 e. The molecule has 122 valence electrons. The molecule has 0 unspecified atom stereocenters. The van der Waals surface area contributed by atoms with Crippen LogP contribution in [0.25, 0.3) is 0 Å². The van der Waals surface area contributed by atoms with Crippen molar-refractivity contribution in [2.24, 2.45) is 0 Å². The SMILES string of the molecule is CN(C(=O)OC(C)(C)C)[C@@H]1COC2(CCC(F)(F)CC2)C1. The molecule has 1 amide bonds. The lowest BCUT2D eigenvalue weighted by molar-refractivity contribution is -0.110. The zero-order chi connectivity index (χ0) is 15.9. The molecule has 1 aliphatic heterocycles. The van der Waals surface area contributed by atoms with E-state index in [1.165, 1.54) is 4.90 Å². The first kappa shape index (κ1) is 16.5. The molecule has 4 nitrogen and oxygen atoms in total. The van der Waals surface area contributed by atoms with Crippen LogP contribution in [-0.2, 0) is 9.47 Å². The zero-order valence-corrected chi connectivity index (χ0v) is 13.2. The number of ether oxygens (including phenoxy) is 2. The molecule has 0 bridgehead atoms. The fraction of sp³-hybridized carbons (Fsp3) is 0.933. The first-order chi connectivity index (χ1) is 9.52. The summed E-state index contributed by atoms with van der Waals surface area (Å²) < 4.78 is 37.7. The Balaban J connectivity index is 1.92. The standard InChI is InChI=1S/C15H25F2NO3/c1-13(2,3)21-12(19)18(4)11-9-14(20-10-11)5-7-15(16,17)8-6-14/h11H,5-10H2,1-4H3/t11-/m0/s1. The molecule has 0 N–H and O–H groups in total. The third-order valence-electron chi connectivity index (χ3n) is 4.31. The summed E-state index contributed by atoms with van der Waals surface area (Å²) in [5.41, 5.74) is -1.03. The van der Waals surface area contributed by atoms with E-state index in [0.29, 0.717) is 25.9 Å². The van der Waals surface area contributed by atoms with Crippen LogP contribution in [-0.4, -0.2) is 47.8 Å². The summed E-state index contributed by atoms with van der Waals surface area (Å²) in [5.74, 6) is -2.57. The third-order valence-corrected chi connectivity index (χ3v) is 4.31. The molecular weight excluding hydrogens is 280 g/mol. The number of carbonyl (C=O) groups is 1. The van der Waals surface area contributed by atoms with Crippen LogP contribution in [0.4, 0.5) is 13.6 Å². The van der Waals surface area contributed by atoms with Crippen molar-refractivity contribution in [2.75, 3.05) is 13.7 Å². The number of halogens is 2. The van der Waals surface area contributed by atoms with E-state index in [4.69, 9.17) is 9.47 Å². The number of carbonyl (C=O) groups excluding carboxylic acids is 1. The summed E-state index contributed by atoms with van der Waals surface area (Å²) in [4.78, 5) is 13.6. The van der Waals surface area contributed by atoms with Crippen LogP contribution >= 0.6 is 0 Å². The Morgan fingerprint density at radius 2 is 1.81 bits per heavy atom. The highest BCUT2D eigenvalue weighted by Gasteiger charge is 2.49. The Hall–Kier alpha value is -0.910. The van der Waals surface area contributed by atoms with Gasteiger partial charge in [-0.2, -0.15) is 0 Å². The molecule has 1 saturated carbocycles. The Bertz CT molecular complexity index is 396. The van der Waals surface area contributed by atoms with Crippen molar-refractivity contribution in [3.63, 3.8) is 0 Å². The minimum absolute atomic E-state index is 0.105. The van der Waals surface area contributed by atoms with E-state index in [-0.39, 0.29) is 18.9 Å². The van der Waals surface area contributed by atoms with E-state index in [9.17, 15) is 13.6 Å². The van der Waals surface area contributed by atoms with Gasteiger partial charge in [0.15, 0.2) is 0 Å². The van der Waals surface area contributed by atoms with Gasteiger partial charge >= 0.3 is 6.09 Å². The van der Waals surface area contributed by atoms with Crippen molar-refractivity contribution in [3.05, 3.63) is 0 Å². The van der Waals surface area contributed by atoms with Crippen molar-refractivity contribution in [3.8, 4) is 0 Å². The first-order valence-corrected chi connectivity index (χ1v) is 7.50. The highest BCUT2D eigenvalue weighted by Crippen LogP contribution is 2.45. The lowest BCUT2D eigenvalue weighted by Gasteiger charge is -2.36. The summed E-state index contributed by atoms with van der Waals surface area (Å²) in [6, 6.07) is -0.105. The van der Waals surface area contributed by atoms with E-state index >= 15 is 0 Å². The first-order valence-electron chi connectivity index (χ1n) is 7.50. The lowest BCUT2D eigenvalue weighted by atomic mass is 9.80. The molecule has 1 heterocycles. The molecule has 21 heavy (non-hydrogen) atoms. The molecule has 2 fully saturated rings. The number of likely N-dealkylation sites (N-methyl/N-ethyl adjacent to an activating group) is 1. The number of hydrogen-bond acceptors (Lipinski definition) is 3. The smallest absolute Gasteiger partial charge is 0.410 e. The van der Waals surface area contributed by atoms with E-state index in [2.05, 4.69) is 0 Å². The minimum atomic E-state index is -2.57. The molecule has 2 rings (SSSR count). The topological polar surface area (TPSA) is 38.8 Å². The molecule has 1 saturated heterocycles. The molecule has 1 atom stereocenters. The van der Waals surface area contributed by atoms with Crippen molar-refractivity contribution in [1.29, 1.82) is 0 Å². The molecule has 2 aliphatic rings. The minimum Gasteiger partial charge on any atom is -0.444 e. The van der Waals surface area contributed by atoms with Gasteiger partial charge in [0.2, 0.25) is 5.92 Å². The van der Waals surface area contributed by atoms with Gasteiger partial charge in [-0.25, -0.2) is 13.6 Å². The van der Waals surface area contributed by atoms with Crippen LogP contribution < -0.4 is 0 Å². The van der Waals surface area contributed by atoms with E-state index in [1.807, 2.05) is 20.8 Å². The van der Waals surface area contributed by atoms with Crippen LogP contribution in [0.3, 0.4) is 0 Å². The van der Waals surface area contributed by atoms with Gasteiger partial charge in [-0.15, -0.1) is 0 Å². The Kier molecular flexibility index (Phi) is 4.21. The number of alkyl halides is 2.